The number of hydrogen-bond acceptors (Lipinski definition) is 3. The van der Waals surface area contributed by atoms with Gasteiger partial charge in [0.2, 0.25) is 5.91 Å². The van der Waals surface area contributed by atoms with Gasteiger partial charge in [0.25, 0.3) is 0 Å². The van der Waals surface area contributed by atoms with Gasteiger partial charge in [-0.25, -0.2) is 0 Å². The van der Waals surface area contributed by atoms with Crippen LogP contribution >= 0.6 is 24.2 Å². The van der Waals surface area contributed by atoms with E-state index in [1.54, 1.807) is 18.2 Å². The Hall–Kier alpha value is -1.96. The molecule has 0 aliphatic carbocycles. The Labute approximate surface area is 127 Å². The highest BCUT2D eigenvalue weighted by atomic mass is 35.5. The number of halogens is 1. The van der Waals surface area contributed by atoms with E-state index < -0.39 is 0 Å². The van der Waals surface area contributed by atoms with Gasteiger partial charge in [-0.05, 0) is 35.9 Å². The second kappa shape index (κ2) is 6.47. The van der Waals surface area contributed by atoms with Crippen molar-refractivity contribution >= 4 is 35.8 Å². The van der Waals surface area contributed by atoms with E-state index in [0.29, 0.717) is 16.3 Å². The van der Waals surface area contributed by atoms with E-state index in [2.05, 4.69) is 17.9 Å². The number of nitrogens with one attached hydrogen (secondary N) is 1. The summed E-state index contributed by atoms with van der Waals surface area (Å²) in [4.78, 5) is 12.8. The Morgan fingerprint density at radius 3 is 2.60 bits per heavy atom. The fraction of sp³-hybridized carbons (Fsp3) is 0.0667. The van der Waals surface area contributed by atoms with E-state index in [4.69, 9.17) is 16.9 Å². The fourth-order valence-corrected chi connectivity index (χ4v) is 2.00. The van der Waals surface area contributed by atoms with E-state index in [1.807, 2.05) is 30.3 Å². The lowest BCUT2D eigenvalue weighted by Crippen LogP contribution is -2.14. The van der Waals surface area contributed by atoms with Gasteiger partial charge in [-0.15, -0.1) is 12.6 Å². The molecule has 0 aliphatic heterocycles. The number of carbonyl (C=O) groups is 1. The standard InChI is InChI=1S/C15H11ClN2OS/c16-13-6-3-11(9-17)7-14(13)18-15(19)8-10-1-4-12(20)5-2-10/h1-7,20H,8H2,(H,18,19). The molecule has 0 atom stereocenters. The molecular formula is C15H11ClN2OS. The number of amides is 1. The van der Waals surface area contributed by atoms with Crippen molar-refractivity contribution in [1.82, 2.24) is 0 Å². The normalized spacial score (nSPS) is 9.85. The summed E-state index contributed by atoms with van der Waals surface area (Å²) < 4.78 is 0. The Morgan fingerprint density at radius 2 is 1.95 bits per heavy atom. The molecule has 20 heavy (non-hydrogen) atoms. The molecule has 0 saturated carbocycles. The molecule has 0 heterocycles. The van der Waals surface area contributed by atoms with Crippen LogP contribution < -0.4 is 5.32 Å². The maximum Gasteiger partial charge on any atom is 0.228 e. The molecule has 0 bridgehead atoms. The van der Waals surface area contributed by atoms with Crippen molar-refractivity contribution in [1.29, 1.82) is 5.26 Å². The molecule has 3 nitrogen and oxygen atoms in total. The largest absolute Gasteiger partial charge is 0.324 e. The van der Waals surface area contributed by atoms with Crippen molar-refractivity contribution in [3.8, 4) is 6.07 Å². The van der Waals surface area contributed by atoms with Crippen LogP contribution in [0.5, 0.6) is 0 Å². The van der Waals surface area contributed by atoms with E-state index in [-0.39, 0.29) is 12.3 Å². The van der Waals surface area contributed by atoms with E-state index in [9.17, 15) is 4.79 Å². The summed E-state index contributed by atoms with van der Waals surface area (Å²) in [5, 5.41) is 11.9. The minimum Gasteiger partial charge on any atom is -0.324 e. The molecule has 0 radical (unpaired) electrons. The number of carbonyl (C=O) groups excluding carboxylic acids is 1. The van der Waals surface area contributed by atoms with E-state index >= 15 is 0 Å². The van der Waals surface area contributed by atoms with Crippen molar-refractivity contribution < 1.29 is 4.79 Å². The number of rotatable bonds is 3. The van der Waals surface area contributed by atoms with E-state index in [0.717, 1.165) is 10.5 Å². The van der Waals surface area contributed by atoms with Gasteiger partial charge < -0.3 is 5.32 Å². The lowest BCUT2D eigenvalue weighted by atomic mass is 10.1. The number of anilines is 1. The molecule has 100 valence electrons. The monoisotopic (exact) mass is 302 g/mol. The molecule has 2 aromatic carbocycles. The zero-order valence-electron chi connectivity index (χ0n) is 10.4. The molecule has 1 amide bonds. The van der Waals surface area contributed by atoms with Crippen molar-refractivity contribution in [2.75, 3.05) is 5.32 Å². The van der Waals surface area contributed by atoms with Gasteiger partial charge >= 0.3 is 0 Å². The van der Waals surface area contributed by atoms with Crippen LogP contribution in [-0.2, 0) is 11.2 Å². The maximum absolute atomic E-state index is 11.9. The summed E-state index contributed by atoms with van der Waals surface area (Å²) in [7, 11) is 0. The second-order valence-electron chi connectivity index (χ2n) is 4.20. The third-order valence-corrected chi connectivity index (χ3v) is 3.30. The first-order valence-electron chi connectivity index (χ1n) is 5.86. The summed E-state index contributed by atoms with van der Waals surface area (Å²) in [5.41, 5.74) is 1.78. The predicted molar refractivity (Wildman–Crippen MR) is 82.2 cm³/mol. The Morgan fingerprint density at radius 1 is 1.25 bits per heavy atom. The molecule has 0 aromatic heterocycles. The zero-order chi connectivity index (χ0) is 14.5. The van der Waals surface area contributed by atoms with Crippen LogP contribution in [0.3, 0.4) is 0 Å². The summed E-state index contributed by atoms with van der Waals surface area (Å²) in [6.07, 6.45) is 0.237. The highest BCUT2D eigenvalue weighted by Gasteiger charge is 2.08. The number of benzene rings is 2. The van der Waals surface area contributed by atoms with Gasteiger partial charge in [0.15, 0.2) is 0 Å². The van der Waals surface area contributed by atoms with Gasteiger partial charge in [0.1, 0.15) is 0 Å². The fourth-order valence-electron chi connectivity index (χ4n) is 1.68. The maximum atomic E-state index is 11.9. The van der Waals surface area contributed by atoms with Crippen LogP contribution in [0, 0.1) is 11.3 Å². The number of nitrogens with zero attached hydrogens (tertiary/aromatic N) is 1. The van der Waals surface area contributed by atoms with E-state index in [1.165, 1.54) is 0 Å². The molecule has 5 heteroatoms. The van der Waals surface area contributed by atoms with Crippen LogP contribution in [-0.4, -0.2) is 5.91 Å². The van der Waals surface area contributed by atoms with Crippen LogP contribution in [0.4, 0.5) is 5.69 Å². The van der Waals surface area contributed by atoms with Crippen LogP contribution in [0.2, 0.25) is 5.02 Å². The van der Waals surface area contributed by atoms with Crippen LogP contribution in [0.15, 0.2) is 47.4 Å². The van der Waals surface area contributed by atoms with Crippen LogP contribution in [0.25, 0.3) is 0 Å². The Bertz CT molecular complexity index is 677. The zero-order valence-corrected chi connectivity index (χ0v) is 12.1. The summed E-state index contributed by atoms with van der Waals surface area (Å²) in [6.45, 7) is 0. The third kappa shape index (κ3) is 3.77. The molecule has 2 rings (SSSR count). The minimum absolute atomic E-state index is 0.186. The SMILES string of the molecule is N#Cc1ccc(Cl)c(NC(=O)Cc2ccc(S)cc2)c1. The van der Waals surface area contributed by atoms with Crippen molar-refractivity contribution in [2.45, 2.75) is 11.3 Å². The highest BCUT2D eigenvalue weighted by molar-refractivity contribution is 7.80. The highest BCUT2D eigenvalue weighted by Crippen LogP contribution is 2.23. The topological polar surface area (TPSA) is 52.9 Å². The molecule has 0 unspecified atom stereocenters. The first-order valence-corrected chi connectivity index (χ1v) is 6.68. The minimum atomic E-state index is -0.186. The van der Waals surface area contributed by atoms with Gasteiger partial charge in [-0.2, -0.15) is 5.26 Å². The number of thiol groups is 1. The molecule has 1 N–H and O–H groups in total. The molecule has 0 spiro atoms. The Balaban J connectivity index is 2.08. The van der Waals surface area contributed by atoms with Crippen molar-refractivity contribution in [2.24, 2.45) is 0 Å². The Kier molecular flexibility index (Phi) is 4.67. The third-order valence-electron chi connectivity index (χ3n) is 2.67. The van der Waals surface area contributed by atoms with Gasteiger partial charge in [0.05, 0.1) is 28.8 Å². The number of hydrogen-bond donors (Lipinski definition) is 2. The summed E-state index contributed by atoms with van der Waals surface area (Å²) in [5.74, 6) is -0.186. The molecule has 0 fully saturated rings. The summed E-state index contributed by atoms with van der Waals surface area (Å²) >= 11 is 10.2. The first kappa shape index (κ1) is 14.4. The number of nitriles is 1. The molecule has 0 saturated heterocycles. The lowest BCUT2D eigenvalue weighted by Gasteiger charge is -2.07. The summed E-state index contributed by atoms with van der Waals surface area (Å²) in [6, 6.07) is 14.1. The average molecular weight is 303 g/mol. The second-order valence-corrected chi connectivity index (χ2v) is 5.12. The lowest BCUT2D eigenvalue weighted by molar-refractivity contribution is -0.115. The quantitative estimate of drug-likeness (QED) is 0.850. The average Bonchev–Trinajstić information content (AvgIpc) is 2.44. The first-order chi connectivity index (χ1) is 9.58. The van der Waals surface area contributed by atoms with Gasteiger partial charge in [-0.1, -0.05) is 23.7 Å². The van der Waals surface area contributed by atoms with Gasteiger partial charge in [-0.3, -0.25) is 4.79 Å². The van der Waals surface area contributed by atoms with Crippen molar-refractivity contribution in [3.05, 3.63) is 58.6 Å². The molecule has 2 aromatic rings. The molecule has 0 aliphatic rings. The van der Waals surface area contributed by atoms with Gasteiger partial charge in [0, 0.05) is 4.90 Å². The van der Waals surface area contributed by atoms with Crippen molar-refractivity contribution in [3.63, 3.8) is 0 Å². The smallest absolute Gasteiger partial charge is 0.228 e. The molecular weight excluding hydrogens is 292 g/mol. The predicted octanol–water partition coefficient (Wildman–Crippen LogP) is 3.68. The van der Waals surface area contributed by atoms with Crippen LogP contribution in [0.1, 0.15) is 11.1 Å².